The van der Waals surface area contributed by atoms with E-state index in [9.17, 15) is 0 Å². The van der Waals surface area contributed by atoms with E-state index in [4.69, 9.17) is 0 Å². The Hall–Kier alpha value is -0.710. The molecule has 0 fully saturated rings. The Kier molecular flexibility index (Phi) is 5.55. The maximum atomic E-state index is 4.53. The summed E-state index contributed by atoms with van der Waals surface area (Å²) in [6.07, 6.45) is 4.03. The molecule has 2 rings (SSSR count). The molecule has 1 atom stereocenters. The van der Waals surface area contributed by atoms with Gasteiger partial charge in [-0.1, -0.05) is 6.92 Å². The summed E-state index contributed by atoms with van der Waals surface area (Å²) in [4.78, 5) is 5.90. The van der Waals surface area contributed by atoms with Crippen LogP contribution in [0.2, 0.25) is 0 Å². The standard InChI is InChI=1S/C15H19BrN2S/c1-3-7-17-14(10-12-4-5-15(16)19-12)13-9-11(2)6-8-18-13/h4-6,8-9,14,17H,3,7,10H2,1-2H3. The predicted octanol–water partition coefficient (Wildman–Crippen LogP) is 4.50. The number of rotatable bonds is 6. The van der Waals surface area contributed by atoms with Crippen LogP contribution in [-0.2, 0) is 6.42 Å². The molecule has 0 bridgehead atoms. The molecule has 0 radical (unpaired) electrons. The Morgan fingerprint density at radius 1 is 1.37 bits per heavy atom. The van der Waals surface area contributed by atoms with Gasteiger partial charge in [-0.15, -0.1) is 11.3 Å². The van der Waals surface area contributed by atoms with Crippen LogP contribution in [0, 0.1) is 6.92 Å². The lowest BCUT2D eigenvalue weighted by Crippen LogP contribution is -2.24. The van der Waals surface area contributed by atoms with E-state index in [0.29, 0.717) is 6.04 Å². The van der Waals surface area contributed by atoms with E-state index in [0.717, 1.165) is 25.1 Å². The van der Waals surface area contributed by atoms with Crippen LogP contribution in [0.3, 0.4) is 0 Å². The van der Waals surface area contributed by atoms with E-state index >= 15 is 0 Å². The second-order valence-electron chi connectivity index (χ2n) is 4.67. The summed E-state index contributed by atoms with van der Waals surface area (Å²) in [5.74, 6) is 0. The van der Waals surface area contributed by atoms with Crippen LogP contribution in [-0.4, -0.2) is 11.5 Å². The van der Waals surface area contributed by atoms with E-state index in [-0.39, 0.29) is 0 Å². The lowest BCUT2D eigenvalue weighted by molar-refractivity contribution is 0.520. The van der Waals surface area contributed by atoms with Crippen molar-refractivity contribution >= 4 is 27.3 Å². The lowest BCUT2D eigenvalue weighted by atomic mass is 10.1. The van der Waals surface area contributed by atoms with E-state index in [1.165, 1.54) is 14.2 Å². The molecule has 19 heavy (non-hydrogen) atoms. The van der Waals surface area contributed by atoms with Crippen molar-refractivity contribution in [2.45, 2.75) is 32.7 Å². The number of hydrogen-bond donors (Lipinski definition) is 1. The Morgan fingerprint density at radius 2 is 2.21 bits per heavy atom. The van der Waals surface area contributed by atoms with Gasteiger partial charge in [0, 0.05) is 17.5 Å². The summed E-state index contributed by atoms with van der Waals surface area (Å²) in [6.45, 7) is 5.33. The fourth-order valence-electron chi connectivity index (χ4n) is 2.01. The monoisotopic (exact) mass is 338 g/mol. The first-order valence-corrected chi connectivity index (χ1v) is 8.20. The molecule has 1 N–H and O–H groups in total. The highest BCUT2D eigenvalue weighted by atomic mass is 79.9. The minimum Gasteiger partial charge on any atom is -0.308 e. The first kappa shape index (κ1) is 14.7. The molecule has 2 heterocycles. The van der Waals surface area contributed by atoms with Crippen LogP contribution in [0.25, 0.3) is 0 Å². The molecule has 0 saturated heterocycles. The molecule has 0 aliphatic rings. The Balaban J connectivity index is 2.15. The molecular formula is C15H19BrN2S. The van der Waals surface area contributed by atoms with Gasteiger partial charge in [-0.2, -0.15) is 0 Å². The normalized spacial score (nSPS) is 12.6. The summed E-state index contributed by atoms with van der Waals surface area (Å²) >= 11 is 5.32. The summed E-state index contributed by atoms with van der Waals surface area (Å²) in [5.41, 5.74) is 2.40. The molecule has 0 aliphatic carbocycles. The number of halogens is 1. The topological polar surface area (TPSA) is 24.9 Å². The van der Waals surface area contributed by atoms with Crippen molar-refractivity contribution in [1.29, 1.82) is 0 Å². The number of hydrogen-bond acceptors (Lipinski definition) is 3. The number of pyridine rings is 1. The minimum atomic E-state index is 0.297. The molecule has 2 aromatic rings. The van der Waals surface area contributed by atoms with Gasteiger partial charge in [0.1, 0.15) is 0 Å². The van der Waals surface area contributed by atoms with Crippen molar-refractivity contribution in [3.63, 3.8) is 0 Å². The van der Waals surface area contributed by atoms with Crippen LogP contribution in [0.5, 0.6) is 0 Å². The third-order valence-electron chi connectivity index (χ3n) is 2.97. The van der Waals surface area contributed by atoms with E-state index in [1.54, 1.807) is 11.3 Å². The first-order chi connectivity index (χ1) is 9.19. The lowest BCUT2D eigenvalue weighted by Gasteiger charge is -2.17. The molecule has 2 nitrogen and oxygen atoms in total. The third kappa shape index (κ3) is 4.41. The summed E-state index contributed by atoms with van der Waals surface area (Å²) in [7, 11) is 0. The Labute approximate surface area is 127 Å². The van der Waals surface area contributed by atoms with Gasteiger partial charge in [0.15, 0.2) is 0 Å². The molecule has 0 saturated carbocycles. The zero-order valence-corrected chi connectivity index (χ0v) is 13.7. The van der Waals surface area contributed by atoms with Crippen molar-refractivity contribution in [3.05, 3.63) is 50.4 Å². The van der Waals surface area contributed by atoms with Crippen molar-refractivity contribution in [3.8, 4) is 0 Å². The zero-order chi connectivity index (χ0) is 13.7. The van der Waals surface area contributed by atoms with Crippen molar-refractivity contribution in [2.75, 3.05) is 6.54 Å². The third-order valence-corrected chi connectivity index (χ3v) is 4.61. The predicted molar refractivity (Wildman–Crippen MR) is 85.7 cm³/mol. The average Bonchev–Trinajstić information content (AvgIpc) is 2.80. The van der Waals surface area contributed by atoms with Crippen LogP contribution < -0.4 is 5.32 Å². The van der Waals surface area contributed by atoms with E-state index in [1.807, 2.05) is 12.3 Å². The highest BCUT2D eigenvalue weighted by Crippen LogP contribution is 2.26. The van der Waals surface area contributed by atoms with Crippen LogP contribution in [0.1, 0.15) is 35.5 Å². The molecule has 0 aliphatic heterocycles. The molecule has 0 aromatic carbocycles. The summed E-state index contributed by atoms with van der Waals surface area (Å²) in [6, 6.07) is 8.81. The van der Waals surface area contributed by atoms with Crippen molar-refractivity contribution in [1.82, 2.24) is 10.3 Å². The Bertz CT molecular complexity index is 524. The molecular weight excluding hydrogens is 320 g/mol. The Morgan fingerprint density at radius 3 is 2.84 bits per heavy atom. The second kappa shape index (κ2) is 7.17. The quantitative estimate of drug-likeness (QED) is 0.838. The maximum absolute atomic E-state index is 4.53. The van der Waals surface area contributed by atoms with Crippen LogP contribution >= 0.6 is 27.3 Å². The number of aryl methyl sites for hydroxylation is 1. The molecule has 0 amide bonds. The van der Waals surface area contributed by atoms with Gasteiger partial charge in [-0.05, 0) is 65.6 Å². The van der Waals surface area contributed by atoms with E-state index < -0.39 is 0 Å². The van der Waals surface area contributed by atoms with Crippen molar-refractivity contribution < 1.29 is 0 Å². The fourth-order valence-corrected chi connectivity index (χ4v) is 3.54. The van der Waals surface area contributed by atoms with Gasteiger partial charge in [-0.3, -0.25) is 4.98 Å². The number of aromatic nitrogens is 1. The molecule has 2 aromatic heterocycles. The summed E-state index contributed by atoms with van der Waals surface area (Å²) < 4.78 is 1.19. The minimum absolute atomic E-state index is 0.297. The fraction of sp³-hybridized carbons (Fsp3) is 0.400. The van der Waals surface area contributed by atoms with Crippen LogP contribution in [0.15, 0.2) is 34.2 Å². The highest BCUT2D eigenvalue weighted by Gasteiger charge is 2.14. The molecule has 0 spiro atoms. The van der Waals surface area contributed by atoms with Gasteiger partial charge in [-0.25, -0.2) is 0 Å². The second-order valence-corrected chi connectivity index (χ2v) is 7.22. The summed E-state index contributed by atoms with van der Waals surface area (Å²) in [5, 5.41) is 3.60. The van der Waals surface area contributed by atoms with Crippen LogP contribution in [0.4, 0.5) is 0 Å². The van der Waals surface area contributed by atoms with Crippen molar-refractivity contribution in [2.24, 2.45) is 0 Å². The number of nitrogens with one attached hydrogen (secondary N) is 1. The number of nitrogens with zero attached hydrogens (tertiary/aromatic N) is 1. The van der Waals surface area contributed by atoms with Gasteiger partial charge in [0.2, 0.25) is 0 Å². The highest BCUT2D eigenvalue weighted by molar-refractivity contribution is 9.11. The molecule has 4 heteroatoms. The first-order valence-electron chi connectivity index (χ1n) is 6.59. The van der Waals surface area contributed by atoms with Gasteiger partial charge >= 0.3 is 0 Å². The smallest absolute Gasteiger partial charge is 0.0701 e. The van der Waals surface area contributed by atoms with Gasteiger partial charge < -0.3 is 5.32 Å². The van der Waals surface area contributed by atoms with E-state index in [2.05, 4.69) is 58.3 Å². The maximum Gasteiger partial charge on any atom is 0.0701 e. The average molecular weight is 339 g/mol. The molecule has 102 valence electrons. The zero-order valence-electron chi connectivity index (χ0n) is 11.3. The molecule has 1 unspecified atom stereocenters. The SMILES string of the molecule is CCCNC(Cc1ccc(Br)s1)c1cc(C)ccn1. The largest absolute Gasteiger partial charge is 0.308 e. The number of thiophene rings is 1. The van der Waals surface area contributed by atoms with Gasteiger partial charge in [0.25, 0.3) is 0 Å². The van der Waals surface area contributed by atoms with Gasteiger partial charge in [0.05, 0.1) is 15.5 Å².